The number of carbonyl (C=O) groups excluding carboxylic acids is 2. The number of aromatic hydroxyl groups is 1. The fraction of sp³-hybridized carbons (Fsp3) is 0.467. The lowest BCUT2D eigenvalue weighted by molar-refractivity contribution is -0.148. The van der Waals surface area contributed by atoms with E-state index in [0.29, 0.717) is 6.54 Å². The van der Waals surface area contributed by atoms with Gasteiger partial charge in [0.1, 0.15) is 11.8 Å². The number of rotatable bonds is 4. The Hall–Kier alpha value is -2.04. The Kier molecular flexibility index (Phi) is 4.27. The summed E-state index contributed by atoms with van der Waals surface area (Å²) in [4.78, 5) is 25.8. The van der Waals surface area contributed by atoms with Crippen molar-refractivity contribution in [3.05, 3.63) is 29.8 Å². The molecule has 1 aromatic carbocycles. The van der Waals surface area contributed by atoms with E-state index in [-0.39, 0.29) is 30.0 Å². The summed E-state index contributed by atoms with van der Waals surface area (Å²) in [5.74, 6) is 0.145. The average Bonchev–Trinajstić information content (AvgIpc) is 2.44. The van der Waals surface area contributed by atoms with Crippen LogP contribution < -0.4 is 5.32 Å². The lowest BCUT2D eigenvalue weighted by Crippen LogP contribution is -2.60. The quantitative estimate of drug-likeness (QED) is 0.870. The number of phenols is 1. The maximum absolute atomic E-state index is 12.1. The van der Waals surface area contributed by atoms with Crippen molar-refractivity contribution < 1.29 is 14.7 Å². The van der Waals surface area contributed by atoms with Crippen LogP contribution in [0.2, 0.25) is 0 Å². The number of hydrogen-bond donors (Lipinski definition) is 2. The zero-order valence-corrected chi connectivity index (χ0v) is 11.8. The van der Waals surface area contributed by atoms with E-state index < -0.39 is 6.04 Å². The van der Waals surface area contributed by atoms with Crippen LogP contribution in [0, 0.1) is 5.92 Å². The number of phenolic OH excluding ortho intramolecular Hbond substituents is 1. The Labute approximate surface area is 118 Å². The van der Waals surface area contributed by atoms with Crippen LogP contribution >= 0.6 is 0 Å². The third kappa shape index (κ3) is 2.92. The summed E-state index contributed by atoms with van der Waals surface area (Å²) in [5, 5.41) is 11.9. The van der Waals surface area contributed by atoms with Crippen LogP contribution in [0.25, 0.3) is 0 Å². The van der Waals surface area contributed by atoms with Crippen molar-refractivity contribution in [3.8, 4) is 5.75 Å². The number of amides is 2. The van der Waals surface area contributed by atoms with Gasteiger partial charge in [0, 0.05) is 6.54 Å². The van der Waals surface area contributed by atoms with Gasteiger partial charge >= 0.3 is 0 Å². The van der Waals surface area contributed by atoms with Gasteiger partial charge in [-0.2, -0.15) is 0 Å². The number of nitrogens with one attached hydrogen (secondary N) is 1. The third-order valence-corrected chi connectivity index (χ3v) is 3.81. The predicted octanol–water partition coefficient (Wildman–Crippen LogP) is 1.27. The van der Waals surface area contributed by atoms with Gasteiger partial charge in [-0.3, -0.25) is 9.59 Å². The van der Waals surface area contributed by atoms with Crippen LogP contribution in [0.4, 0.5) is 0 Å². The highest BCUT2D eigenvalue weighted by Crippen LogP contribution is 2.21. The second-order valence-corrected chi connectivity index (χ2v) is 5.24. The predicted molar refractivity (Wildman–Crippen MR) is 74.9 cm³/mol. The maximum atomic E-state index is 12.1. The number of piperazine rings is 1. The summed E-state index contributed by atoms with van der Waals surface area (Å²) in [5.41, 5.74) is 0.902. The van der Waals surface area contributed by atoms with E-state index in [4.69, 9.17) is 0 Å². The molecule has 2 rings (SSSR count). The first kappa shape index (κ1) is 14.4. The van der Waals surface area contributed by atoms with Gasteiger partial charge in [-0.05, 0) is 23.6 Å². The summed E-state index contributed by atoms with van der Waals surface area (Å²) in [6, 6.07) is 6.28. The molecule has 2 unspecified atom stereocenters. The van der Waals surface area contributed by atoms with Gasteiger partial charge in [0.2, 0.25) is 11.8 Å². The molecule has 108 valence electrons. The number of hydrogen-bond acceptors (Lipinski definition) is 3. The van der Waals surface area contributed by atoms with E-state index >= 15 is 0 Å². The molecule has 20 heavy (non-hydrogen) atoms. The Balaban J connectivity index is 2.22. The van der Waals surface area contributed by atoms with Crippen molar-refractivity contribution in [2.45, 2.75) is 32.9 Å². The summed E-state index contributed by atoms with van der Waals surface area (Å²) in [7, 11) is 0. The normalized spacial score (nSPS) is 20.7. The Morgan fingerprint density at radius 2 is 2.00 bits per heavy atom. The van der Waals surface area contributed by atoms with E-state index in [0.717, 1.165) is 12.0 Å². The molecule has 0 spiro atoms. The molecule has 1 fully saturated rings. The monoisotopic (exact) mass is 276 g/mol. The smallest absolute Gasteiger partial charge is 0.243 e. The van der Waals surface area contributed by atoms with E-state index in [1.807, 2.05) is 13.8 Å². The van der Waals surface area contributed by atoms with Crippen molar-refractivity contribution in [1.82, 2.24) is 10.2 Å². The molecule has 0 saturated carbocycles. The Bertz CT molecular complexity index is 498. The van der Waals surface area contributed by atoms with Crippen molar-refractivity contribution >= 4 is 11.8 Å². The molecule has 1 aliphatic rings. The van der Waals surface area contributed by atoms with Crippen LogP contribution in [0.3, 0.4) is 0 Å². The molecule has 5 nitrogen and oxygen atoms in total. The number of benzene rings is 1. The summed E-state index contributed by atoms with van der Waals surface area (Å²) in [6.07, 6.45) is 0.831. The first-order valence-corrected chi connectivity index (χ1v) is 6.88. The standard InChI is InChI=1S/C15H20N2O3/c1-3-10(2)14-15(20)16-8-13(19)17(14)9-11-4-6-12(18)7-5-11/h4-7,10,14,18H,3,8-9H2,1-2H3,(H,16,20). The SMILES string of the molecule is CCC(C)C1C(=O)NCC(=O)N1Cc1ccc(O)cc1. The van der Waals surface area contributed by atoms with Crippen molar-refractivity contribution in [1.29, 1.82) is 0 Å². The largest absolute Gasteiger partial charge is 0.508 e. The maximum Gasteiger partial charge on any atom is 0.243 e. The van der Waals surface area contributed by atoms with Crippen LogP contribution in [-0.2, 0) is 16.1 Å². The van der Waals surface area contributed by atoms with Gasteiger partial charge in [-0.25, -0.2) is 0 Å². The Morgan fingerprint density at radius 1 is 1.35 bits per heavy atom. The molecular formula is C15H20N2O3. The summed E-state index contributed by atoms with van der Waals surface area (Å²) < 4.78 is 0. The van der Waals surface area contributed by atoms with E-state index in [1.54, 1.807) is 29.2 Å². The van der Waals surface area contributed by atoms with E-state index in [2.05, 4.69) is 5.32 Å². The molecule has 1 aromatic rings. The highest BCUT2D eigenvalue weighted by molar-refractivity contribution is 5.95. The van der Waals surface area contributed by atoms with E-state index in [1.165, 1.54) is 0 Å². The first-order chi connectivity index (χ1) is 9.52. The fourth-order valence-electron chi connectivity index (χ4n) is 2.44. The lowest BCUT2D eigenvalue weighted by atomic mass is 9.94. The van der Waals surface area contributed by atoms with E-state index in [9.17, 15) is 14.7 Å². The van der Waals surface area contributed by atoms with Crippen LogP contribution in [0.5, 0.6) is 5.75 Å². The molecule has 0 aliphatic carbocycles. The molecular weight excluding hydrogens is 256 g/mol. The zero-order valence-electron chi connectivity index (χ0n) is 11.8. The average molecular weight is 276 g/mol. The van der Waals surface area contributed by atoms with Gasteiger partial charge in [-0.1, -0.05) is 32.4 Å². The van der Waals surface area contributed by atoms with Gasteiger partial charge in [0.25, 0.3) is 0 Å². The van der Waals surface area contributed by atoms with Gasteiger partial charge < -0.3 is 15.3 Å². The molecule has 2 N–H and O–H groups in total. The van der Waals surface area contributed by atoms with Crippen molar-refractivity contribution in [2.24, 2.45) is 5.92 Å². The van der Waals surface area contributed by atoms with Crippen LogP contribution in [0.1, 0.15) is 25.8 Å². The molecule has 5 heteroatoms. The van der Waals surface area contributed by atoms with Gasteiger partial charge in [0.05, 0.1) is 6.54 Å². The van der Waals surface area contributed by atoms with Crippen LogP contribution in [0.15, 0.2) is 24.3 Å². The second-order valence-electron chi connectivity index (χ2n) is 5.24. The third-order valence-electron chi connectivity index (χ3n) is 3.81. The molecule has 0 aromatic heterocycles. The fourth-order valence-corrected chi connectivity index (χ4v) is 2.44. The lowest BCUT2D eigenvalue weighted by Gasteiger charge is -2.38. The van der Waals surface area contributed by atoms with Crippen molar-refractivity contribution in [2.75, 3.05) is 6.54 Å². The highest BCUT2D eigenvalue weighted by Gasteiger charge is 2.37. The number of nitrogens with zero attached hydrogens (tertiary/aromatic N) is 1. The molecule has 1 saturated heterocycles. The number of carbonyl (C=O) groups is 2. The molecule has 1 aliphatic heterocycles. The minimum atomic E-state index is -0.421. The van der Waals surface area contributed by atoms with Gasteiger partial charge in [0.15, 0.2) is 0 Å². The minimum absolute atomic E-state index is 0.0594. The van der Waals surface area contributed by atoms with Crippen molar-refractivity contribution in [3.63, 3.8) is 0 Å². The van der Waals surface area contributed by atoms with Crippen LogP contribution in [-0.4, -0.2) is 34.4 Å². The molecule has 2 atom stereocenters. The second kappa shape index (κ2) is 5.94. The summed E-state index contributed by atoms with van der Waals surface area (Å²) >= 11 is 0. The molecule has 0 bridgehead atoms. The molecule has 1 heterocycles. The van der Waals surface area contributed by atoms with Gasteiger partial charge in [-0.15, -0.1) is 0 Å². The topological polar surface area (TPSA) is 69.6 Å². The zero-order chi connectivity index (χ0) is 14.7. The highest BCUT2D eigenvalue weighted by atomic mass is 16.3. The summed E-state index contributed by atoms with van der Waals surface area (Å²) in [6.45, 7) is 4.44. The first-order valence-electron chi connectivity index (χ1n) is 6.88. The Morgan fingerprint density at radius 3 is 2.60 bits per heavy atom. The minimum Gasteiger partial charge on any atom is -0.508 e. The molecule has 2 amide bonds. The molecule has 0 radical (unpaired) electrons.